The maximum absolute atomic E-state index is 15.1. The van der Waals surface area contributed by atoms with Gasteiger partial charge >= 0.3 is 0 Å². The molecule has 0 saturated carbocycles. The van der Waals surface area contributed by atoms with Crippen LogP contribution in [0.25, 0.3) is 5.57 Å². The van der Waals surface area contributed by atoms with Crippen molar-refractivity contribution in [3.8, 4) is 0 Å². The molecule has 2 heterocycles. The number of carbonyl (C=O) groups is 3. The number of nitrogens with zero attached hydrogens (tertiary/aromatic N) is 3. The van der Waals surface area contributed by atoms with E-state index in [1.807, 2.05) is 13.0 Å². The standard InChI is InChI=1S/C54H82N4O4/c1-17-23-25-35(21-5)49(61)55-41-31-43-39(51(11,12)53(15,27-19-3)57(43)33(7)8)29-37(41)45-47(59)46(48(45)60)38-30-40-44(32-42(38)56-50(62)36(22-6)26-24-18-2)58(34(9)10)54(16,28-20-4)52(40,13)14/h29-36,59H,17-28H2,1-16H3,(H,55,61)/b46-38+,56-42?. The second kappa shape index (κ2) is 18.6. The molecule has 4 atom stereocenters. The van der Waals surface area contributed by atoms with E-state index in [0.29, 0.717) is 35.4 Å². The van der Waals surface area contributed by atoms with Gasteiger partial charge in [0.1, 0.15) is 5.76 Å². The van der Waals surface area contributed by atoms with Crippen LogP contribution in [0.5, 0.6) is 0 Å². The van der Waals surface area contributed by atoms with E-state index in [1.165, 1.54) is 0 Å². The van der Waals surface area contributed by atoms with E-state index in [2.05, 4.69) is 137 Å². The van der Waals surface area contributed by atoms with Crippen molar-refractivity contribution in [1.29, 1.82) is 0 Å². The first-order valence-corrected chi connectivity index (χ1v) is 24.5. The van der Waals surface area contributed by atoms with Crippen molar-refractivity contribution in [1.82, 2.24) is 4.90 Å². The summed E-state index contributed by atoms with van der Waals surface area (Å²) in [6, 6.07) is 4.49. The molecule has 8 nitrogen and oxygen atoms in total. The van der Waals surface area contributed by atoms with Gasteiger partial charge in [-0.3, -0.25) is 14.4 Å². The largest absolute Gasteiger partial charge is 0.506 e. The van der Waals surface area contributed by atoms with E-state index in [9.17, 15) is 14.7 Å². The van der Waals surface area contributed by atoms with Crippen molar-refractivity contribution in [3.05, 3.63) is 63.6 Å². The van der Waals surface area contributed by atoms with Gasteiger partial charge in [-0.25, -0.2) is 4.99 Å². The summed E-state index contributed by atoms with van der Waals surface area (Å²) in [6.45, 7) is 35.5. The monoisotopic (exact) mass is 851 g/mol. The van der Waals surface area contributed by atoms with E-state index in [-0.39, 0.29) is 80.3 Å². The van der Waals surface area contributed by atoms with Gasteiger partial charge in [0.15, 0.2) is 0 Å². The molecule has 1 aromatic carbocycles. The number of unbranched alkanes of at least 4 members (excludes halogenated alkanes) is 2. The van der Waals surface area contributed by atoms with E-state index in [0.717, 1.165) is 86.7 Å². The van der Waals surface area contributed by atoms with E-state index >= 15 is 4.79 Å². The maximum Gasteiger partial charge on any atom is 0.249 e. The number of hydrogen-bond donors (Lipinski definition) is 2. The number of rotatable bonds is 18. The normalized spacial score (nSPS) is 25.6. The van der Waals surface area contributed by atoms with Gasteiger partial charge in [0, 0.05) is 68.3 Å². The van der Waals surface area contributed by atoms with Crippen molar-refractivity contribution in [3.63, 3.8) is 0 Å². The third-order valence-corrected chi connectivity index (χ3v) is 15.9. The van der Waals surface area contributed by atoms with Gasteiger partial charge in [0.25, 0.3) is 0 Å². The predicted octanol–water partition coefficient (Wildman–Crippen LogP) is 13.4. The number of anilines is 2. The molecule has 0 spiro atoms. The Bertz CT molecular complexity index is 2080. The van der Waals surface area contributed by atoms with E-state index in [1.54, 1.807) is 0 Å². The molecule has 2 N–H and O–H groups in total. The number of likely N-dealkylation sites (tertiary alicyclic amines) is 1. The van der Waals surface area contributed by atoms with Crippen molar-refractivity contribution < 1.29 is 19.5 Å². The molecule has 1 fully saturated rings. The lowest BCUT2D eigenvalue weighted by Gasteiger charge is -2.47. The molecule has 2 aliphatic carbocycles. The molecular formula is C54H82N4O4. The van der Waals surface area contributed by atoms with Gasteiger partial charge in [-0.1, -0.05) is 108 Å². The zero-order valence-electron chi connectivity index (χ0n) is 41.6. The van der Waals surface area contributed by atoms with Gasteiger partial charge < -0.3 is 20.2 Å². The Kier molecular flexibility index (Phi) is 14.8. The van der Waals surface area contributed by atoms with Crippen LogP contribution >= 0.6 is 0 Å². The summed E-state index contributed by atoms with van der Waals surface area (Å²) in [7, 11) is 0. The quantitative estimate of drug-likeness (QED) is 0.143. The number of amides is 2. The van der Waals surface area contributed by atoms with Gasteiger partial charge in [0.2, 0.25) is 17.6 Å². The number of fused-ring (bicyclic) bond motifs is 2. The number of aliphatic imine (C=N–C) groups is 1. The lowest BCUT2D eigenvalue weighted by Crippen LogP contribution is -2.55. The third kappa shape index (κ3) is 7.97. The first-order chi connectivity index (χ1) is 29.1. The molecule has 1 aromatic rings. The molecule has 4 unspecified atom stereocenters. The number of ketones is 1. The number of Topliss-reactive ketones (excluding diaryl/α,β-unsaturated/α-hetero) is 1. The molecule has 2 amide bonds. The molecule has 0 bridgehead atoms. The number of hydrogen-bond acceptors (Lipinski definition) is 6. The number of nitrogens with one attached hydrogen (secondary N) is 1. The second-order valence-corrected chi connectivity index (χ2v) is 20.9. The molecule has 0 aromatic heterocycles. The summed E-state index contributed by atoms with van der Waals surface area (Å²) >= 11 is 0. The smallest absolute Gasteiger partial charge is 0.249 e. The number of carbonyl (C=O) groups excluding carboxylic acids is 3. The summed E-state index contributed by atoms with van der Waals surface area (Å²) in [5.74, 6) is -1.08. The second-order valence-electron chi connectivity index (χ2n) is 20.9. The molecule has 5 rings (SSSR count). The lowest BCUT2D eigenvalue weighted by molar-refractivity contribution is -0.122. The third-order valence-electron chi connectivity index (χ3n) is 15.9. The average Bonchev–Trinajstić information content (AvgIpc) is 3.47. The van der Waals surface area contributed by atoms with E-state index in [4.69, 9.17) is 4.99 Å². The van der Waals surface area contributed by atoms with Crippen molar-refractivity contribution in [2.24, 2.45) is 22.2 Å². The fourth-order valence-corrected chi connectivity index (χ4v) is 11.7. The average molecular weight is 851 g/mol. The SMILES string of the molecule is CCCCC(CC)C(=O)N=C1C=C2C(=C/C1=C1\C(=O)C(c3cc4c(cc3NC(=O)C(CC)CCCC)N(C(C)C)C(C)(CCC)C4(C)C)=C1O)C(C)(C)C(C)(CCC)N2C(C)C. The summed E-state index contributed by atoms with van der Waals surface area (Å²) in [6.07, 6.45) is 14.8. The number of allylic oxidation sites excluding steroid dienone is 6. The van der Waals surface area contributed by atoms with Crippen LogP contribution in [0.1, 0.15) is 199 Å². The Morgan fingerprint density at radius 2 is 1.27 bits per heavy atom. The van der Waals surface area contributed by atoms with Crippen LogP contribution in [0.3, 0.4) is 0 Å². The summed E-state index contributed by atoms with van der Waals surface area (Å²) in [4.78, 5) is 53.2. The predicted molar refractivity (Wildman–Crippen MR) is 260 cm³/mol. The first-order valence-electron chi connectivity index (χ1n) is 24.5. The molecular weight excluding hydrogens is 769 g/mol. The van der Waals surface area contributed by atoms with Crippen molar-refractivity contribution in [2.75, 3.05) is 10.2 Å². The van der Waals surface area contributed by atoms with Gasteiger partial charge in [-0.05, 0) is 115 Å². The van der Waals surface area contributed by atoms with Crippen molar-refractivity contribution in [2.45, 2.75) is 216 Å². The molecule has 4 aliphatic rings. The fourth-order valence-electron chi connectivity index (χ4n) is 11.7. The Morgan fingerprint density at radius 1 is 0.726 bits per heavy atom. The molecule has 8 heteroatoms. The van der Waals surface area contributed by atoms with Crippen LogP contribution in [0.4, 0.5) is 11.4 Å². The molecule has 1 saturated heterocycles. The summed E-state index contributed by atoms with van der Waals surface area (Å²) < 4.78 is 0. The Morgan fingerprint density at radius 3 is 1.77 bits per heavy atom. The molecule has 2 aliphatic heterocycles. The Balaban J connectivity index is 1.81. The van der Waals surface area contributed by atoms with Crippen LogP contribution in [0, 0.1) is 17.3 Å². The minimum absolute atomic E-state index is 0.0678. The minimum Gasteiger partial charge on any atom is -0.506 e. The van der Waals surface area contributed by atoms with Gasteiger partial charge in [-0.2, -0.15) is 0 Å². The highest BCUT2D eigenvalue weighted by Crippen LogP contribution is 2.60. The highest BCUT2D eigenvalue weighted by Gasteiger charge is 2.58. The molecule has 62 heavy (non-hydrogen) atoms. The van der Waals surface area contributed by atoms with Crippen LogP contribution in [-0.2, 0) is 19.8 Å². The minimum atomic E-state index is -0.327. The molecule has 342 valence electrons. The van der Waals surface area contributed by atoms with Gasteiger partial charge in [0.05, 0.1) is 22.5 Å². The number of aliphatic hydroxyl groups excluding tert-OH is 1. The zero-order chi connectivity index (χ0) is 46.3. The number of benzene rings is 1. The van der Waals surface area contributed by atoms with Crippen LogP contribution in [0.15, 0.2) is 57.5 Å². The van der Waals surface area contributed by atoms with Gasteiger partial charge in [-0.15, -0.1) is 0 Å². The summed E-state index contributed by atoms with van der Waals surface area (Å²) in [5, 5.41) is 15.8. The lowest BCUT2D eigenvalue weighted by atomic mass is 9.67. The number of aliphatic hydroxyl groups is 1. The topological polar surface area (TPSA) is 102 Å². The fraction of sp³-hybridized carbons (Fsp3) is 0.667. The van der Waals surface area contributed by atoms with Crippen molar-refractivity contribution >= 4 is 40.3 Å². The van der Waals surface area contributed by atoms with Crippen LogP contribution in [-0.4, -0.2) is 56.5 Å². The Hall–Kier alpha value is -3.94. The first kappa shape index (κ1) is 49.1. The van der Waals surface area contributed by atoms with Crippen LogP contribution < -0.4 is 10.2 Å². The molecule has 0 radical (unpaired) electrons. The highest BCUT2D eigenvalue weighted by atomic mass is 16.3. The Labute approximate surface area is 375 Å². The van der Waals surface area contributed by atoms with E-state index < -0.39 is 0 Å². The maximum atomic E-state index is 15.1. The zero-order valence-corrected chi connectivity index (χ0v) is 41.6. The summed E-state index contributed by atoms with van der Waals surface area (Å²) in [5.41, 5.74) is 5.51. The highest BCUT2D eigenvalue weighted by molar-refractivity contribution is 6.42. The van der Waals surface area contributed by atoms with Crippen LogP contribution in [0.2, 0.25) is 0 Å².